The lowest BCUT2D eigenvalue weighted by molar-refractivity contribution is -0.115. The van der Waals surface area contributed by atoms with Crippen LogP contribution in [0, 0.1) is 11.6 Å². The van der Waals surface area contributed by atoms with Crippen LogP contribution in [0.1, 0.15) is 6.92 Å². The van der Waals surface area contributed by atoms with Gasteiger partial charge in [-0.2, -0.15) is 0 Å². The van der Waals surface area contributed by atoms with Gasteiger partial charge in [0.15, 0.2) is 5.82 Å². The third-order valence-electron chi connectivity index (χ3n) is 3.24. The molecule has 0 radical (unpaired) electrons. The quantitative estimate of drug-likeness (QED) is 0.524. The van der Waals surface area contributed by atoms with Crippen LogP contribution in [0.15, 0.2) is 40.9 Å². The summed E-state index contributed by atoms with van der Waals surface area (Å²) in [5.41, 5.74) is -0.217. The molecule has 0 spiro atoms. The molecule has 1 unspecified atom stereocenters. The molecule has 0 aliphatic carbocycles. The molecule has 10 heteroatoms. The molecule has 0 bridgehead atoms. The van der Waals surface area contributed by atoms with Gasteiger partial charge in [-0.3, -0.25) is 4.79 Å². The van der Waals surface area contributed by atoms with E-state index in [9.17, 15) is 13.6 Å². The molecule has 0 aliphatic rings. The number of nitrogens with zero attached hydrogens (tertiary/aromatic N) is 3. The summed E-state index contributed by atoms with van der Waals surface area (Å²) in [5.74, 6) is 4.61. The van der Waals surface area contributed by atoms with Gasteiger partial charge in [0.05, 0.1) is 15.8 Å². The molecule has 0 aliphatic heterocycles. The Balaban J connectivity index is 1.71. The second kappa shape index (κ2) is 7.19. The highest BCUT2D eigenvalue weighted by atomic mass is 32.2. The lowest BCUT2D eigenvalue weighted by Crippen LogP contribution is -2.24. The van der Waals surface area contributed by atoms with E-state index < -0.39 is 22.8 Å². The largest absolute Gasteiger partial charge is 0.335 e. The fourth-order valence-corrected chi connectivity index (χ4v) is 3.45. The first kappa shape index (κ1) is 17.4. The molecule has 130 valence electrons. The molecule has 3 N–H and O–H groups in total. The minimum absolute atomic E-state index is 0.217. The van der Waals surface area contributed by atoms with E-state index in [1.54, 1.807) is 6.92 Å². The monoisotopic (exact) mass is 381 g/mol. The van der Waals surface area contributed by atoms with Crippen LogP contribution in [-0.4, -0.2) is 26.0 Å². The molecular weight excluding hydrogens is 368 g/mol. The number of carbonyl (C=O) groups excluding carboxylic acids is 1. The van der Waals surface area contributed by atoms with Crippen LogP contribution in [0.3, 0.4) is 0 Å². The van der Waals surface area contributed by atoms with E-state index in [-0.39, 0.29) is 5.69 Å². The van der Waals surface area contributed by atoms with E-state index in [0.29, 0.717) is 11.0 Å². The van der Waals surface area contributed by atoms with Gasteiger partial charge in [0, 0.05) is 6.07 Å². The predicted molar refractivity (Wildman–Crippen MR) is 93.8 cm³/mol. The number of nitrogen functional groups attached to an aromatic ring is 1. The van der Waals surface area contributed by atoms with Crippen molar-refractivity contribution in [2.45, 2.75) is 17.3 Å². The van der Waals surface area contributed by atoms with E-state index in [2.05, 4.69) is 15.5 Å². The van der Waals surface area contributed by atoms with E-state index in [0.717, 1.165) is 34.8 Å². The molecule has 1 amide bonds. The smallest absolute Gasteiger partial charge is 0.237 e. The standard InChI is InChI=1S/C15H13F2N5OS2/c1-8(14(23)19-11-7-9(16)4-5-10(11)17)25-15-21-20-13(22(15)18)12-3-2-6-24-12/h2-8H,18H2,1H3,(H,19,23). The lowest BCUT2D eigenvalue weighted by Gasteiger charge is -2.12. The van der Waals surface area contributed by atoms with Crippen molar-refractivity contribution in [3.63, 3.8) is 0 Å². The summed E-state index contributed by atoms with van der Waals surface area (Å²) >= 11 is 2.53. The van der Waals surface area contributed by atoms with E-state index in [1.807, 2.05) is 17.5 Å². The maximum absolute atomic E-state index is 13.6. The van der Waals surface area contributed by atoms with E-state index >= 15 is 0 Å². The average molecular weight is 381 g/mol. The first-order valence-electron chi connectivity index (χ1n) is 7.12. The minimum Gasteiger partial charge on any atom is -0.335 e. The summed E-state index contributed by atoms with van der Waals surface area (Å²) in [7, 11) is 0. The second-order valence-corrected chi connectivity index (χ2v) is 7.28. The highest BCUT2D eigenvalue weighted by molar-refractivity contribution is 8.00. The van der Waals surface area contributed by atoms with Crippen LogP contribution in [0.2, 0.25) is 0 Å². The minimum atomic E-state index is -0.714. The van der Waals surface area contributed by atoms with Crippen molar-refractivity contribution in [3.8, 4) is 10.7 Å². The van der Waals surface area contributed by atoms with Crippen molar-refractivity contribution in [1.29, 1.82) is 0 Å². The number of rotatable bonds is 5. The highest BCUT2D eigenvalue weighted by Gasteiger charge is 2.21. The fraction of sp³-hybridized carbons (Fsp3) is 0.133. The number of anilines is 1. The molecule has 3 rings (SSSR count). The summed E-state index contributed by atoms with van der Waals surface area (Å²) in [5, 5.41) is 11.9. The number of halogens is 2. The molecule has 1 aromatic carbocycles. The maximum atomic E-state index is 13.6. The SMILES string of the molecule is CC(Sc1nnc(-c2cccs2)n1N)C(=O)Nc1cc(F)ccc1F. The molecule has 0 saturated carbocycles. The van der Waals surface area contributed by atoms with Crippen molar-refractivity contribution in [2.75, 3.05) is 11.2 Å². The number of hydrogen-bond acceptors (Lipinski definition) is 6. The normalized spacial score (nSPS) is 12.1. The molecule has 6 nitrogen and oxygen atoms in total. The zero-order valence-corrected chi connectivity index (χ0v) is 14.6. The first-order chi connectivity index (χ1) is 12.0. The number of aromatic nitrogens is 3. The van der Waals surface area contributed by atoms with Crippen molar-refractivity contribution in [2.24, 2.45) is 0 Å². The van der Waals surface area contributed by atoms with Crippen molar-refractivity contribution < 1.29 is 13.6 Å². The third-order valence-corrected chi connectivity index (χ3v) is 5.17. The fourth-order valence-electron chi connectivity index (χ4n) is 1.97. The average Bonchev–Trinajstić information content (AvgIpc) is 3.21. The predicted octanol–water partition coefficient (Wildman–Crippen LogP) is 3.12. The topological polar surface area (TPSA) is 85.8 Å². The summed E-state index contributed by atoms with van der Waals surface area (Å²) in [4.78, 5) is 13.1. The van der Waals surface area contributed by atoms with Gasteiger partial charge in [-0.15, -0.1) is 21.5 Å². The lowest BCUT2D eigenvalue weighted by atomic mass is 10.3. The van der Waals surface area contributed by atoms with Gasteiger partial charge in [-0.1, -0.05) is 17.8 Å². The van der Waals surface area contributed by atoms with Gasteiger partial charge in [0.2, 0.25) is 11.1 Å². The van der Waals surface area contributed by atoms with Crippen molar-refractivity contribution in [1.82, 2.24) is 14.9 Å². The Hall–Kier alpha value is -2.46. The summed E-state index contributed by atoms with van der Waals surface area (Å²) < 4.78 is 28.1. The highest BCUT2D eigenvalue weighted by Crippen LogP contribution is 2.27. The van der Waals surface area contributed by atoms with Gasteiger partial charge in [0.1, 0.15) is 11.6 Å². The van der Waals surface area contributed by atoms with Crippen LogP contribution in [-0.2, 0) is 4.79 Å². The maximum Gasteiger partial charge on any atom is 0.237 e. The molecule has 0 saturated heterocycles. The molecular formula is C15H13F2N5OS2. The number of hydrogen-bond donors (Lipinski definition) is 2. The molecule has 25 heavy (non-hydrogen) atoms. The third kappa shape index (κ3) is 3.80. The molecule has 3 aromatic rings. The Morgan fingerprint density at radius 3 is 2.88 bits per heavy atom. The Morgan fingerprint density at radius 1 is 1.36 bits per heavy atom. The number of thiophene rings is 1. The van der Waals surface area contributed by atoms with Crippen molar-refractivity contribution in [3.05, 3.63) is 47.3 Å². The van der Waals surface area contributed by atoms with Crippen LogP contribution >= 0.6 is 23.1 Å². The van der Waals surface area contributed by atoms with Gasteiger partial charge < -0.3 is 11.2 Å². The van der Waals surface area contributed by atoms with Crippen LogP contribution < -0.4 is 11.2 Å². The Morgan fingerprint density at radius 2 is 2.16 bits per heavy atom. The number of amides is 1. The van der Waals surface area contributed by atoms with Gasteiger partial charge in [0.25, 0.3) is 0 Å². The van der Waals surface area contributed by atoms with Gasteiger partial charge in [-0.25, -0.2) is 13.5 Å². The van der Waals surface area contributed by atoms with E-state index in [1.165, 1.54) is 16.0 Å². The molecule has 2 heterocycles. The van der Waals surface area contributed by atoms with Crippen LogP contribution in [0.4, 0.5) is 14.5 Å². The van der Waals surface area contributed by atoms with E-state index in [4.69, 9.17) is 5.84 Å². The Bertz CT molecular complexity index is 897. The van der Waals surface area contributed by atoms with Crippen LogP contribution in [0.5, 0.6) is 0 Å². The Kier molecular flexibility index (Phi) is 5.00. The first-order valence-corrected chi connectivity index (χ1v) is 8.88. The number of nitrogens with one attached hydrogen (secondary N) is 1. The van der Waals surface area contributed by atoms with Crippen molar-refractivity contribution >= 4 is 34.7 Å². The number of benzene rings is 1. The molecule has 2 aromatic heterocycles. The number of carbonyl (C=O) groups is 1. The summed E-state index contributed by atoms with van der Waals surface area (Å²) in [6.07, 6.45) is 0. The molecule has 1 atom stereocenters. The zero-order valence-electron chi connectivity index (χ0n) is 12.9. The summed E-state index contributed by atoms with van der Waals surface area (Å²) in [6, 6.07) is 6.57. The second-order valence-electron chi connectivity index (χ2n) is 5.03. The zero-order chi connectivity index (χ0) is 18.0. The number of thioether (sulfide) groups is 1. The van der Waals surface area contributed by atoms with Gasteiger partial charge in [-0.05, 0) is 30.5 Å². The van der Waals surface area contributed by atoms with Gasteiger partial charge >= 0.3 is 0 Å². The number of nitrogens with two attached hydrogens (primary N) is 1. The Labute approximate surface area is 150 Å². The van der Waals surface area contributed by atoms with Crippen LogP contribution in [0.25, 0.3) is 10.7 Å². The summed E-state index contributed by atoms with van der Waals surface area (Å²) in [6.45, 7) is 1.61. The molecule has 0 fully saturated rings.